The van der Waals surface area contributed by atoms with Crippen molar-refractivity contribution in [1.29, 1.82) is 0 Å². The number of rotatable bonds is 1. The molecule has 0 aliphatic heterocycles. The molecule has 2 N–H and O–H groups in total. The molecule has 0 unspecified atom stereocenters. The van der Waals surface area contributed by atoms with Gasteiger partial charge < -0.3 is 10.5 Å². The predicted octanol–water partition coefficient (Wildman–Crippen LogP) is 2.78. The molecule has 12 heavy (non-hydrogen) atoms. The van der Waals surface area contributed by atoms with Gasteiger partial charge in [-0.15, -0.1) is 0 Å². The van der Waals surface area contributed by atoms with Gasteiger partial charge in [0.25, 0.3) is 0 Å². The second-order valence-corrected chi connectivity index (χ2v) is 4.04. The Kier molecular flexibility index (Phi) is 3.16. The third-order valence-corrected chi connectivity index (χ3v) is 2.90. The van der Waals surface area contributed by atoms with E-state index in [1.807, 2.05) is 22.6 Å². The molecule has 0 amide bonds. The SMILES string of the molecule is COc1c(Br)cc(N)c(F)c1I. The van der Waals surface area contributed by atoms with E-state index < -0.39 is 5.82 Å². The van der Waals surface area contributed by atoms with Crippen molar-refractivity contribution >= 4 is 44.2 Å². The molecule has 0 saturated heterocycles. The summed E-state index contributed by atoms with van der Waals surface area (Å²) < 4.78 is 19.1. The summed E-state index contributed by atoms with van der Waals surface area (Å²) in [6, 6.07) is 1.48. The average molecular weight is 346 g/mol. The van der Waals surface area contributed by atoms with Crippen LogP contribution in [0.15, 0.2) is 10.5 Å². The molecular formula is C7H6BrFINO. The van der Waals surface area contributed by atoms with Crippen LogP contribution in [-0.4, -0.2) is 7.11 Å². The maximum absolute atomic E-state index is 13.1. The molecule has 1 rings (SSSR count). The first kappa shape index (κ1) is 10.0. The molecule has 0 spiro atoms. The molecule has 1 aromatic carbocycles. The Balaban J connectivity index is 3.40. The zero-order valence-electron chi connectivity index (χ0n) is 6.20. The molecule has 5 heteroatoms. The van der Waals surface area contributed by atoms with Gasteiger partial charge >= 0.3 is 0 Å². The van der Waals surface area contributed by atoms with E-state index in [2.05, 4.69) is 15.9 Å². The number of nitrogen functional groups attached to an aromatic ring is 1. The first-order valence-corrected chi connectivity index (χ1v) is 4.92. The van der Waals surface area contributed by atoms with Gasteiger partial charge in [-0.3, -0.25) is 0 Å². The summed E-state index contributed by atoms with van der Waals surface area (Å²) in [6.07, 6.45) is 0. The van der Waals surface area contributed by atoms with E-state index in [0.29, 0.717) is 13.8 Å². The van der Waals surface area contributed by atoms with Crippen molar-refractivity contribution in [3.63, 3.8) is 0 Å². The molecule has 0 saturated carbocycles. The van der Waals surface area contributed by atoms with Crippen LogP contribution in [0.2, 0.25) is 0 Å². The molecule has 0 radical (unpaired) electrons. The van der Waals surface area contributed by atoms with Crippen LogP contribution in [0.3, 0.4) is 0 Å². The third kappa shape index (κ3) is 1.66. The summed E-state index contributed by atoms with van der Waals surface area (Å²) in [7, 11) is 1.48. The molecular weight excluding hydrogens is 340 g/mol. The molecule has 0 fully saturated rings. The maximum Gasteiger partial charge on any atom is 0.163 e. The highest BCUT2D eigenvalue weighted by Crippen LogP contribution is 2.34. The number of hydrogen-bond donors (Lipinski definition) is 1. The first-order valence-electron chi connectivity index (χ1n) is 3.05. The van der Waals surface area contributed by atoms with Crippen LogP contribution in [-0.2, 0) is 0 Å². The van der Waals surface area contributed by atoms with Gasteiger partial charge in [-0.05, 0) is 44.6 Å². The monoisotopic (exact) mass is 345 g/mol. The summed E-state index contributed by atoms with van der Waals surface area (Å²) in [4.78, 5) is 0. The molecule has 0 aliphatic rings. The Labute approximate surface area is 91.5 Å². The van der Waals surface area contributed by atoms with E-state index in [4.69, 9.17) is 10.5 Å². The van der Waals surface area contributed by atoms with Crippen LogP contribution in [0.1, 0.15) is 0 Å². The molecule has 0 atom stereocenters. The second-order valence-electron chi connectivity index (χ2n) is 2.11. The number of nitrogens with two attached hydrogens (primary N) is 1. The highest BCUT2D eigenvalue weighted by atomic mass is 127. The predicted molar refractivity (Wildman–Crippen MR) is 57.8 cm³/mol. The fourth-order valence-electron chi connectivity index (χ4n) is 0.784. The first-order chi connectivity index (χ1) is 5.57. The van der Waals surface area contributed by atoms with E-state index in [1.165, 1.54) is 13.2 Å². The van der Waals surface area contributed by atoms with E-state index in [0.717, 1.165) is 0 Å². The number of hydrogen-bond acceptors (Lipinski definition) is 2. The largest absolute Gasteiger partial charge is 0.494 e. The molecule has 66 valence electrons. The van der Waals surface area contributed by atoms with Crippen molar-refractivity contribution in [3.8, 4) is 5.75 Å². The average Bonchev–Trinajstić information content (AvgIpc) is 2.01. The minimum absolute atomic E-state index is 0.118. The summed E-state index contributed by atoms with van der Waals surface area (Å²) in [5.74, 6) is 0.0398. The Hall–Kier alpha value is -0.0400. The molecule has 1 aromatic rings. The van der Waals surface area contributed by atoms with Gasteiger partial charge in [-0.2, -0.15) is 0 Å². The van der Waals surface area contributed by atoms with Gasteiger partial charge in [-0.25, -0.2) is 4.39 Å². The fourth-order valence-corrected chi connectivity index (χ4v) is 2.58. The number of benzene rings is 1. The van der Waals surface area contributed by atoms with Crippen molar-refractivity contribution in [1.82, 2.24) is 0 Å². The van der Waals surface area contributed by atoms with Gasteiger partial charge in [0.2, 0.25) is 0 Å². The summed E-state index contributed by atoms with van der Waals surface area (Å²) >= 11 is 5.06. The van der Waals surface area contributed by atoms with E-state index in [-0.39, 0.29) is 5.69 Å². The van der Waals surface area contributed by atoms with E-state index in [9.17, 15) is 4.39 Å². The Morgan fingerprint density at radius 1 is 1.67 bits per heavy atom. The van der Waals surface area contributed by atoms with Crippen molar-refractivity contribution in [2.75, 3.05) is 12.8 Å². The third-order valence-electron chi connectivity index (χ3n) is 1.35. The highest BCUT2D eigenvalue weighted by molar-refractivity contribution is 14.1. The molecule has 0 aliphatic carbocycles. The lowest BCUT2D eigenvalue weighted by molar-refractivity contribution is 0.405. The van der Waals surface area contributed by atoms with Crippen LogP contribution in [0, 0.1) is 9.39 Å². The molecule has 2 nitrogen and oxygen atoms in total. The Morgan fingerprint density at radius 2 is 2.25 bits per heavy atom. The van der Waals surface area contributed by atoms with Crippen molar-refractivity contribution < 1.29 is 9.13 Å². The van der Waals surface area contributed by atoms with Crippen LogP contribution in [0.5, 0.6) is 5.75 Å². The van der Waals surface area contributed by atoms with E-state index >= 15 is 0 Å². The normalized spacial score (nSPS) is 10.0. The summed E-state index contributed by atoms with van der Waals surface area (Å²) in [6.45, 7) is 0. The molecule has 0 bridgehead atoms. The fraction of sp³-hybridized carbons (Fsp3) is 0.143. The molecule has 0 heterocycles. The van der Waals surface area contributed by atoms with Crippen molar-refractivity contribution in [2.45, 2.75) is 0 Å². The molecule has 0 aromatic heterocycles. The van der Waals surface area contributed by atoms with Crippen LogP contribution < -0.4 is 10.5 Å². The van der Waals surface area contributed by atoms with Crippen LogP contribution >= 0.6 is 38.5 Å². The van der Waals surface area contributed by atoms with Gasteiger partial charge in [0.15, 0.2) is 5.82 Å². The zero-order chi connectivity index (χ0) is 9.30. The lowest BCUT2D eigenvalue weighted by Crippen LogP contribution is -1.97. The maximum atomic E-state index is 13.1. The highest BCUT2D eigenvalue weighted by Gasteiger charge is 2.13. The lowest BCUT2D eigenvalue weighted by atomic mass is 10.3. The number of ether oxygens (including phenoxy) is 1. The van der Waals surface area contributed by atoms with Crippen LogP contribution in [0.25, 0.3) is 0 Å². The van der Waals surface area contributed by atoms with Gasteiger partial charge in [0, 0.05) is 0 Å². The second kappa shape index (κ2) is 3.78. The van der Waals surface area contributed by atoms with Crippen molar-refractivity contribution in [3.05, 3.63) is 19.9 Å². The lowest BCUT2D eigenvalue weighted by Gasteiger charge is -2.08. The van der Waals surface area contributed by atoms with Gasteiger partial charge in [0.1, 0.15) is 5.75 Å². The van der Waals surface area contributed by atoms with Gasteiger partial charge in [-0.1, -0.05) is 0 Å². The minimum atomic E-state index is -0.435. The summed E-state index contributed by atoms with van der Waals surface area (Å²) in [5, 5.41) is 0. The Bertz CT molecular complexity index is 319. The minimum Gasteiger partial charge on any atom is -0.494 e. The van der Waals surface area contributed by atoms with Crippen LogP contribution in [0.4, 0.5) is 10.1 Å². The number of methoxy groups -OCH3 is 1. The van der Waals surface area contributed by atoms with Crippen molar-refractivity contribution in [2.24, 2.45) is 0 Å². The number of anilines is 1. The summed E-state index contributed by atoms with van der Waals surface area (Å²) in [5.41, 5.74) is 5.50. The zero-order valence-corrected chi connectivity index (χ0v) is 9.94. The van der Waals surface area contributed by atoms with Gasteiger partial charge in [0.05, 0.1) is 20.8 Å². The number of halogens is 3. The Morgan fingerprint density at radius 3 is 2.75 bits per heavy atom. The quantitative estimate of drug-likeness (QED) is 0.482. The van der Waals surface area contributed by atoms with E-state index in [1.54, 1.807) is 0 Å². The standard InChI is InChI=1S/C7H6BrFINO/c1-12-7-3(8)2-4(11)5(9)6(7)10/h2H,11H2,1H3. The smallest absolute Gasteiger partial charge is 0.163 e. The topological polar surface area (TPSA) is 35.2 Å².